The third-order valence-electron chi connectivity index (χ3n) is 5.28. The summed E-state index contributed by atoms with van der Waals surface area (Å²) < 4.78 is 1.19. The van der Waals surface area contributed by atoms with Crippen molar-refractivity contribution in [3.8, 4) is 0 Å². The van der Waals surface area contributed by atoms with Crippen molar-refractivity contribution in [2.45, 2.75) is 38.8 Å². The largest absolute Gasteiger partial charge is 0.354 e. The Labute approximate surface area is 175 Å². The van der Waals surface area contributed by atoms with Crippen LogP contribution in [-0.2, 0) is 9.59 Å². The Hall–Kier alpha value is -3.22. The fourth-order valence-electron chi connectivity index (χ4n) is 3.71. The predicted octanol–water partition coefficient (Wildman–Crippen LogP) is 2.04. The van der Waals surface area contributed by atoms with Gasteiger partial charge in [-0.15, -0.1) is 0 Å². The first kappa shape index (κ1) is 21.5. The summed E-state index contributed by atoms with van der Waals surface area (Å²) in [5.74, 6) is -0.999. The Bertz CT molecular complexity index is 960. The first-order valence-corrected chi connectivity index (χ1v) is 10.2. The van der Waals surface area contributed by atoms with E-state index in [4.69, 9.17) is 0 Å². The van der Waals surface area contributed by atoms with Crippen molar-refractivity contribution in [1.82, 2.24) is 14.8 Å². The summed E-state index contributed by atoms with van der Waals surface area (Å²) in [5, 5.41) is 2.91. The number of Topliss-reactive ketones (excluding diaryl/α,β-unsaturated/α-hetero) is 1. The number of nitrogens with zero attached hydrogens (tertiary/aromatic N) is 2. The van der Waals surface area contributed by atoms with Gasteiger partial charge in [0.25, 0.3) is 11.5 Å². The fourth-order valence-corrected chi connectivity index (χ4v) is 3.71. The minimum atomic E-state index is -1.26. The lowest BCUT2D eigenvalue weighted by molar-refractivity contribution is -0.137. The number of pyridine rings is 1. The second kappa shape index (κ2) is 9.52. The van der Waals surface area contributed by atoms with E-state index in [2.05, 4.69) is 5.32 Å². The Morgan fingerprint density at radius 2 is 1.60 bits per heavy atom. The lowest BCUT2D eigenvalue weighted by Crippen LogP contribution is -2.48. The molecule has 1 N–H and O–H groups in total. The smallest absolute Gasteiger partial charge is 0.253 e. The molecule has 1 saturated heterocycles. The third-order valence-corrected chi connectivity index (χ3v) is 5.28. The molecule has 7 nitrogen and oxygen atoms in total. The summed E-state index contributed by atoms with van der Waals surface area (Å²) in [6.07, 6.45) is 2.52. The summed E-state index contributed by atoms with van der Waals surface area (Å²) in [6, 6.07) is 11.9. The summed E-state index contributed by atoms with van der Waals surface area (Å²) in [4.78, 5) is 52.8. The van der Waals surface area contributed by atoms with E-state index >= 15 is 0 Å². The van der Waals surface area contributed by atoms with Crippen LogP contribution in [0.1, 0.15) is 43.1 Å². The number of benzene rings is 1. The summed E-state index contributed by atoms with van der Waals surface area (Å²) in [6.45, 7) is 4.56. The molecule has 0 spiro atoms. The Morgan fingerprint density at radius 3 is 2.20 bits per heavy atom. The number of nitrogens with one attached hydrogen (secondary N) is 1. The van der Waals surface area contributed by atoms with Crippen molar-refractivity contribution in [3.63, 3.8) is 0 Å². The van der Waals surface area contributed by atoms with Gasteiger partial charge in [-0.3, -0.25) is 23.7 Å². The number of hydrogen-bond acceptors (Lipinski definition) is 4. The Morgan fingerprint density at radius 1 is 0.967 bits per heavy atom. The van der Waals surface area contributed by atoms with Crippen LogP contribution < -0.4 is 10.9 Å². The maximum atomic E-state index is 13.4. The Balaban J connectivity index is 1.82. The first-order chi connectivity index (χ1) is 14.4. The zero-order valence-electron chi connectivity index (χ0n) is 17.3. The van der Waals surface area contributed by atoms with Gasteiger partial charge < -0.3 is 10.2 Å². The average molecular weight is 409 g/mol. The molecule has 1 atom stereocenters. The molecule has 7 heteroatoms. The maximum Gasteiger partial charge on any atom is 0.253 e. The lowest BCUT2D eigenvalue weighted by Gasteiger charge is -2.34. The number of aromatic nitrogens is 1. The standard InChI is InChI=1S/C23H27N3O4/c1-16(2)24-22(29)18-11-14-25(15-12-18)23(30)20(26-13-7-6-10-19(26)27)21(28)17-8-4-3-5-9-17/h3-10,13,16,18,20H,11-12,14-15H2,1-2H3,(H,24,29). The summed E-state index contributed by atoms with van der Waals surface area (Å²) >= 11 is 0. The van der Waals surface area contributed by atoms with Crippen LogP contribution in [0, 0.1) is 5.92 Å². The van der Waals surface area contributed by atoms with Gasteiger partial charge in [-0.25, -0.2) is 0 Å². The minimum absolute atomic E-state index is 0.00621. The molecule has 3 rings (SSSR count). The minimum Gasteiger partial charge on any atom is -0.354 e. The molecule has 0 radical (unpaired) electrons. The molecule has 1 aliphatic rings. The van der Waals surface area contributed by atoms with Gasteiger partial charge in [0.2, 0.25) is 5.91 Å². The van der Waals surface area contributed by atoms with E-state index in [0.717, 1.165) is 0 Å². The SMILES string of the molecule is CC(C)NC(=O)C1CCN(C(=O)C(C(=O)c2ccccc2)n2ccccc2=O)CC1. The lowest BCUT2D eigenvalue weighted by atomic mass is 9.94. The highest BCUT2D eigenvalue weighted by Crippen LogP contribution is 2.22. The van der Waals surface area contributed by atoms with Crippen LogP contribution in [0.2, 0.25) is 0 Å². The maximum absolute atomic E-state index is 13.4. The molecule has 1 fully saturated rings. The number of piperidine rings is 1. The average Bonchev–Trinajstić information content (AvgIpc) is 2.75. The summed E-state index contributed by atoms with van der Waals surface area (Å²) in [5.41, 5.74) is -0.0378. The molecule has 30 heavy (non-hydrogen) atoms. The van der Waals surface area contributed by atoms with Crippen LogP contribution in [0.25, 0.3) is 0 Å². The first-order valence-electron chi connectivity index (χ1n) is 10.2. The van der Waals surface area contributed by atoms with Gasteiger partial charge in [0, 0.05) is 42.9 Å². The molecule has 2 amide bonds. The second-order valence-corrected chi connectivity index (χ2v) is 7.84. The van der Waals surface area contributed by atoms with E-state index in [1.54, 1.807) is 47.4 Å². The molecule has 1 aromatic heterocycles. The van der Waals surface area contributed by atoms with Crippen molar-refractivity contribution in [3.05, 3.63) is 70.6 Å². The molecule has 0 saturated carbocycles. The number of ketones is 1. The van der Waals surface area contributed by atoms with Gasteiger partial charge in [-0.2, -0.15) is 0 Å². The molecular formula is C23H27N3O4. The zero-order valence-corrected chi connectivity index (χ0v) is 17.3. The number of carbonyl (C=O) groups excluding carboxylic acids is 3. The zero-order chi connectivity index (χ0) is 21.7. The van der Waals surface area contributed by atoms with Crippen LogP contribution in [0.3, 0.4) is 0 Å². The molecular weight excluding hydrogens is 382 g/mol. The van der Waals surface area contributed by atoms with Crippen LogP contribution in [0.4, 0.5) is 0 Å². The van der Waals surface area contributed by atoms with Crippen molar-refractivity contribution >= 4 is 17.6 Å². The van der Waals surface area contributed by atoms with Crippen LogP contribution in [-0.4, -0.2) is 46.2 Å². The fraction of sp³-hybridized carbons (Fsp3) is 0.391. The van der Waals surface area contributed by atoms with Gasteiger partial charge in [0.05, 0.1) is 0 Å². The monoisotopic (exact) mass is 409 g/mol. The highest BCUT2D eigenvalue weighted by atomic mass is 16.2. The Kier molecular flexibility index (Phi) is 6.82. The molecule has 2 heterocycles. The van der Waals surface area contributed by atoms with Gasteiger partial charge in [-0.1, -0.05) is 36.4 Å². The van der Waals surface area contributed by atoms with Crippen LogP contribution in [0.5, 0.6) is 0 Å². The van der Waals surface area contributed by atoms with Gasteiger partial charge in [-0.05, 0) is 32.8 Å². The second-order valence-electron chi connectivity index (χ2n) is 7.84. The molecule has 1 aromatic carbocycles. The highest BCUT2D eigenvalue weighted by Gasteiger charge is 2.36. The number of amides is 2. The molecule has 1 unspecified atom stereocenters. The number of hydrogen-bond donors (Lipinski definition) is 1. The van der Waals surface area contributed by atoms with E-state index in [-0.39, 0.29) is 17.9 Å². The van der Waals surface area contributed by atoms with Crippen LogP contribution in [0.15, 0.2) is 59.5 Å². The van der Waals surface area contributed by atoms with E-state index in [0.29, 0.717) is 31.5 Å². The van der Waals surface area contributed by atoms with E-state index in [1.165, 1.54) is 16.8 Å². The van der Waals surface area contributed by atoms with Crippen molar-refractivity contribution < 1.29 is 14.4 Å². The van der Waals surface area contributed by atoms with Crippen molar-refractivity contribution in [2.75, 3.05) is 13.1 Å². The molecule has 0 bridgehead atoms. The predicted molar refractivity (Wildman–Crippen MR) is 113 cm³/mol. The summed E-state index contributed by atoms with van der Waals surface area (Å²) in [7, 11) is 0. The molecule has 0 aliphatic carbocycles. The molecule has 1 aliphatic heterocycles. The highest BCUT2D eigenvalue weighted by molar-refractivity contribution is 6.11. The topological polar surface area (TPSA) is 88.5 Å². The number of rotatable bonds is 6. The van der Waals surface area contributed by atoms with E-state index < -0.39 is 23.3 Å². The number of carbonyl (C=O) groups is 3. The van der Waals surface area contributed by atoms with Crippen molar-refractivity contribution in [1.29, 1.82) is 0 Å². The molecule has 158 valence electrons. The van der Waals surface area contributed by atoms with E-state index in [9.17, 15) is 19.2 Å². The third kappa shape index (κ3) is 4.84. The van der Waals surface area contributed by atoms with E-state index in [1.807, 2.05) is 13.8 Å². The number of likely N-dealkylation sites (tertiary alicyclic amines) is 1. The van der Waals surface area contributed by atoms with Crippen molar-refractivity contribution in [2.24, 2.45) is 5.92 Å². The van der Waals surface area contributed by atoms with Gasteiger partial charge in [0.1, 0.15) is 0 Å². The molecule has 2 aromatic rings. The van der Waals surface area contributed by atoms with Gasteiger partial charge >= 0.3 is 0 Å². The normalized spacial score (nSPS) is 15.6. The van der Waals surface area contributed by atoms with Crippen LogP contribution >= 0.6 is 0 Å². The quantitative estimate of drug-likeness (QED) is 0.584. The van der Waals surface area contributed by atoms with Gasteiger partial charge in [0.15, 0.2) is 11.8 Å².